The summed E-state index contributed by atoms with van der Waals surface area (Å²) in [6, 6.07) is 0. The monoisotopic (exact) mass is 688 g/mol. The summed E-state index contributed by atoms with van der Waals surface area (Å²) >= 11 is 0. The number of aromatic nitrogens is 8. The number of nitrogen functional groups attached to an aromatic ring is 2. The van der Waals surface area contributed by atoms with Gasteiger partial charge in [-0.25, -0.2) is 29.1 Å². The van der Waals surface area contributed by atoms with Gasteiger partial charge in [-0.1, -0.05) is 0 Å². The number of aromatic amines is 1. The molecule has 3 aliphatic rings. The minimum Gasteiger partial charge on any atom is -0.387 e. The van der Waals surface area contributed by atoms with E-state index in [-0.39, 0.29) is 34.1 Å². The number of fused-ring (bicyclic) bond motifs is 5. The van der Waals surface area contributed by atoms with Crippen molar-refractivity contribution in [2.75, 3.05) is 31.8 Å². The summed E-state index contributed by atoms with van der Waals surface area (Å²) in [4.78, 5) is 45.5. The van der Waals surface area contributed by atoms with E-state index >= 15 is 0 Å². The minimum absolute atomic E-state index is 0.0566. The molecule has 25 heteroatoms. The van der Waals surface area contributed by atoms with Gasteiger partial charge in [0.25, 0.3) is 5.56 Å². The Balaban J connectivity index is 1.22. The van der Waals surface area contributed by atoms with E-state index in [0.29, 0.717) is 0 Å². The zero-order chi connectivity index (χ0) is 32.5. The van der Waals surface area contributed by atoms with E-state index in [0.717, 1.165) is 18.0 Å². The van der Waals surface area contributed by atoms with Crippen molar-refractivity contribution in [2.45, 2.75) is 49.1 Å². The van der Waals surface area contributed by atoms with Gasteiger partial charge in [-0.2, -0.15) is 4.98 Å². The molecule has 3 aliphatic heterocycles. The highest BCUT2D eigenvalue weighted by molar-refractivity contribution is 7.48. The van der Waals surface area contributed by atoms with Crippen LogP contribution in [0.1, 0.15) is 12.5 Å². The van der Waals surface area contributed by atoms with E-state index in [1.807, 2.05) is 0 Å². The maximum Gasteiger partial charge on any atom is 0.475 e. The van der Waals surface area contributed by atoms with E-state index in [1.54, 1.807) is 0 Å². The number of anilines is 2. The van der Waals surface area contributed by atoms with Crippen LogP contribution in [0.3, 0.4) is 0 Å². The van der Waals surface area contributed by atoms with Crippen LogP contribution in [0.25, 0.3) is 22.3 Å². The molecule has 7 rings (SSSR count). The van der Waals surface area contributed by atoms with E-state index in [9.17, 15) is 29.0 Å². The zero-order valence-electron chi connectivity index (χ0n) is 23.4. The van der Waals surface area contributed by atoms with Gasteiger partial charge >= 0.3 is 15.6 Å². The van der Waals surface area contributed by atoms with Crippen molar-refractivity contribution in [3.63, 3.8) is 0 Å². The highest BCUT2D eigenvalue weighted by Crippen LogP contribution is 2.55. The number of imidazole rings is 2. The van der Waals surface area contributed by atoms with Gasteiger partial charge in [0.2, 0.25) is 5.95 Å². The van der Waals surface area contributed by atoms with Crippen molar-refractivity contribution >= 4 is 49.7 Å². The Morgan fingerprint density at radius 3 is 2.37 bits per heavy atom. The number of hydrogen-bond donors (Lipinski definition) is 6. The maximum atomic E-state index is 13.7. The quantitative estimate of drug-likeness (QED) is 0.131. The number of aliphatic hydroxyl groups excluding tert-OH is 2. The van der Waals surface area contributed by atoms with Crippen LogP contribution in [0.4, 0.5) is 11.8 Å². The number of aliphatic hydroxyl groups is 2. The molecule has 4 aromatic rings. The van der Waals surface area contributed by atoms with E-state index in [2.05, 4.69) is 29.9 Å². The second-order valence-electron chi connectivity index (χ2n) is 10.3. The molecule has 8 N–H and O–H groups in total. The van der Waals surface area contributed by atoms with Gasteiger partial charge in [0.15, 0.2) is 35.1 Å². The first-order chi connectivity index (χ1) is 21.9. The highest BCUT2D eigenvalue weighted by atomic mass is 31.2. The Hall–Kier alpha value is -3.44. The van der Waals surface area contributed by atoms with Crippen LogP contribution in [-0.2, 0) is 41.2 Å². The van der Waals surface area contributed by atoms with Gasteiger partial charge in [-0.3, -0.25) is 41.5 Å². The Morgan fingerprint density at radius 1 is 0.913 bits per heavy atom. The molecule has 7 heterocycles. The topological polar surface area (TPSA) is 319 Å². The lowest BCUT2D eigenvalue weighted by Gasteiger charge is -2.26. The molecule has 248 valence electrons. The smallest absolute Gasteiger partial charge is 0.387 e. The summed E-state index contributed by atoms with van der Waals surface area (Å²) < 4.78 is 67.9. The molecule has 0 spiro atoms. The Bertz CT molecular complexity index is 1950. The summed E-state index contributed by atoms with van der Waals surface area (Å²) in [5.41, 5.74) is 11.0. The van der Waals surface area contributed by atoms with Gasteiger partial charge in [0, 0.05) is 7.11 Å². The van der Waals surface area contributed by atoms with E-state index in [1.165, 1.54) is 17.2 Å². The van der Waals surface area contributed by atoms with Gasteiger partial charge < -0.3 is 36.0 Å². The van der Waals surface area contributed by atoms with Crippen LogP contribution >= 0.6 is 15.6 Å². The largest absolute Gasteiger partial charge is 0.475 e. The third-order valence-corrected chi connectivity index (χ3v) is 9.94. The summed E-state index contributed by atoms with van der Waals surface area (Å²) in [5.74, 6) is -0.209. The van der Waals surface area contributed by atoms with Crippen LogP contribution in [-0.4, -0.2) is 111 Å². The molecule has 3 fully saturated rings. The molecule has 0 amide bonds. The Morgan fingerprint density at radius 2 is 1.61 bits per heavy atom. The lowest BCUT2D eigenvalue weighted by atomic mass is 10.1. The van der Waals surface area contributed by atoms with Crippen LogP contribution in [0, 0.1) is 0 Å². The summed E-state index contributed by atoms with van der Waals surface area (Å²) in [6.07, 6.45) is -8.55. The Kier molecular flexibility index (Phi) is 7.70. The van der Waals surface area contributed by atoms with Crippen molar-refractivity contribution in [3.8, 4) is 0 Å². The lowest BCUT2D eigenvalue weighted by Crippen LogP contribution is -2.36. The number of nitrogens with zero attached hydrogens (tertiary/aromatic N) is 7. The number of phosphoric acid groups is 2. The molecule has 0 saturated carbocycles. The van der Waals surface area contributed by atoms with Crippen molar-refractivity contribution in [3.05, 3.63) is 29.3 Å². The lowest BCUT2D eigenvalue weighted by molar-refractivity contribution is -0.0680. The second-order valence-corrected chi connectivity index (χ2v) is 13.4. The number of ether oxygens (including phenoxy) is 2. The number of hydrogen-bond acceptors (Lipinski definition) is 19. The summed E-state index contributed by atoms with van der Waals surface area (Å²) in [5, 5.41) is 22.4. The van der Waals surface area contributed by atoms with E-state index in [4.69, 9.17) is 43.6 Å². The van der Waals surface area contributed by atoms with Gasteiger partial charge in [-0.05, 0) is 0 Å². The van der Waals surface area contributed by atoms with Crippen LogP contribution in [0.2, 0.25) is 0 Å². The number of rotatable bonds is 3. The van der Waals surface area contributed by atoms with Crippen LogP contribution < -0.4 is 17.0 Å². The second kappa shape index (κ2) is 11.4. The first-order valence-corrected chi connectivity index (χ1v) is 16.3. The fourth-order valence-corrected chi connectivity index (χ4v) is 7.46. The van der Waals surface area contributed by atoms with E-state index < -0.39 is 83.5 Å². The molecule has 4 aromatic heterocycles. The Labute approximate surface area is 255 Å². The third kappa shape index (κ3) is 5.29. The molecule has 46 heavy (non-hydrogen) atoms. The zero-order valence-corrected chi connectivity index (χ0v) is 25.2. The number of phosphoric ester groups is 2. The molecule has 6 unspecified atom stereocenters. The number of H-pyrrole nitrogens is 1. The maximum absolute atomic E-state index is 13.7. The molecular weight excluding hydrogens is 662 g/mol. The molecular formula is C21H26N10O13P2. The average molecular weight is 688 g/mol. The molecule has 3 saturated heterocycles. The van der Waals surface area contributed by atoms with Crippen molar-refractivity contribution in [2.24, 2.45) is 0 Å². The first kappa shape index (κ1) is 31.2. The predicted octanol–water partition coefficient (Wildman–Crippen LogP) is -1.69. The van der Waals surface area contributed by atoms with Crippen molar-refractivity contribution in [1.82, 2.24) is 39.0 Å². The number of nitrogens with two attached hydrogens (primary N) is 2. The van der Waals surface area contributed by atoms with Crippen LogP contribution in [0.5, 0.6) is 0 Å². The fraction of sp³-hybridized carbons (Fsp3) is 0.524. The highest BCUT2D eigenvalue weighted by Gasteiger charge is 2.54. The molecule has 0 radical (unpaired) electrons. The van der Waals surface area contributed by atoms with Crippen molar-refractivity contribution in [1.29, 1.82) is 0 Å². The molecule has 2 bridgehead atoms. The normalized spacial score (nSPS) is 37.1. The fourth-order valence-electron chi connectivity index (χ4n) is 5.38. The first-order valence-electron chi connectivity index (χ1n) is 13.3. The average Bonchev–Trinajstić information content (AvgIpc) is 3.77. The standard InChI is InChI=1S/C21H26N10O13P2/c1-38-46(37)40-2-7-11(32)14(20(41-7)31-6-27-10-17(31)28-21(23)29-18(10)34)43-45(35,36)39-3-8-13(44-46)12(33)19(42-8)30-5-26-9-15(22)24-4-25-16(9)30/h4-8,11-14,19-20,32-33H,2-3H2,1H3,(H,35,36)(H2,22,24,25)(H3,23,28,29,34)/t7-,8-,11?,12?,13?,14?,19-,20-,46?/m1/s1. The SMILES string of the molecule is COP1(=O)OC[C@H]2O[C@@H](n3cnc4c(=O)[nH]c(N)nc43)C(OP(=O)(O)OC[C@H]3O[C@@H](n4cnc5c(N)ncnc54)C(O)C3O1)C2O. The predicted molar refractivity (Wildman–Crippen MR) is 148 cm³/mol. The molecule has 0 aromatic carbocycles. The number of nitrogens with one attached hydrogen (secondary N) is 1. The molecule has 0 aliphatic carbocycles. The van der Waals surface area contributed by atoms with Crippen molar-refractivity contribution < 1.29 is 56.3 Å². The third-order valence-electron chi connectivity index (χ3n) is 7.54. The summed E-state index contributed by atoms with van der Waals surface area (Å²) in [7, 11) is -8.65. The molecule has 23 nitrogen and oxygen atoms in total. The van der Waals surface area contributed by atoms with Gasteiger partial charge in [-0.15, -0.1) is 0 Å². The van der Waals surface area contributed by atoms with Crippen LogP contribution in [0.15, 0.2) is 23.8 Å². The summed E-state index contributed by atoms with van der Waals surface area (Å²) in [6.45, 7) is -1.46. The minimum atomic E-state index is -5.09. The van der Waals surface area contributed by atoms with Gasteiger partial charge in [0.05, 0.1) is 25.9 Å². The molecule has 10 atom stereocenters. The van der Waals surface area contributed by atoms with Gasteiger partial charge in [0.1, 0.15) is 48.5 Å².